The summed E-state index contributed by atoms with van der Waals surface area (Å²) < 4.78 is 23.6. The Labute approximate surface area is 249 Å². The largest absolute Gasteiger partial charge is 0.495 e. The van der Waals surface area contributed by atoms with Crippen molar-refractivity contribution >= 4 is 34.2 Å². The smallest absolute Gasteiger partial charge is 0.251 e. The van der Waals surface area contributed by atoms with Crippen LogP contribution >= 0.6 is 0 Å². The Kier molecular flexibility index (Phi) is 7.44. The van der Waals surface area contributed by atoms with E-state index in [2.05, 4.69) is 27.8 Å². The van der Waals surface area contributed by atoms with Gasteiger partial charge in [0, 0.05) is 32.1 Å². The molecule has 2 fully saturated rings. The first-order valence-electron chi connectivity index (χ1n) is 15.0. The van der Waals surface area contributed by atoms with Crippen LogP contribution < -0.4 is 20.1 Å². The second-order valence-electron chi connectivity index (χ2n) is 11.3. The van der Waals surface area contributed by atoms with E-state index in [-0.39, 0.29) is 18.1 Å². The summed E-state index contributed by atoms with van der Waals surface area (Å²) in [6.45, 7) is 3.10. The van der Waals surface area contributed by atoms with Crippen LogP contribution in [0.3, 0.4) is 0 Å². The molecule has 1 aliphatic heterocycles. The Morgan fingerprint density at radius 3 is 2.74 bits per heavy atom. The number of aryl methyl sites for hydroxylation is 1. The van der Waals surface area contributed by atoms with Gasteiger partial charge in [0.25, 0.3) is 5.91 Å². The molecule has 1 saturated heterocycles. The lowest BCUT2D eigenvalue weighted by Crippen LogP contribution is -2.31. The number of carbonyl (C=O) groups excluding carboxylic acids is 1. The third-order valence-corrected chi connectivity index (χ3v) is 8.33. The highest BCUT2D eigenvalue weighted by molar-refractivity contribution is 5.95. The monoisotopic (exact) mass is 581 g/mol. The molecule has 10 heteroatoms. The summed E-state index contributed by atoms with van der Waals surface area (Å²) in [7, 11) is 1.58. The Bertz CT molecular complexity index is 1700. The third-order valence-electron chi connectivity index (χ3n) is 8.33. The van der Waals surface area contributed by atoms with Crippen LogP contribution in [0.25, 0.3) is 16.7 Å². The van der Waals surface area contributed by atoms with Crippen LogP contribution in [0.4, 0.5) is 11.6 Å². The van der Waals surface area contributed by atoms with Crippen LogP contribution in [-0.2, 0) is 11.2 Å². The second-order valence-corrected chi connectivity index (χ2v) is 11.3. The maximum atomic E-state index is 12.8. The first-order chi connectivity index (χ1) is 21.0. The van der Waals surface area contributed by atoms with Gasteiger partial charge in [-0.3, -0.25) is 4.79 Å². The van der Waals surface area contributed by atoms with Crippen molar-refractivity contribution in [3.8, 4) is 11.6 Å². The number of aromatic nitrogens is 3. The van der Waals surface area contributed by atoms with E-state index in [1.807, 2.05) is 25.1 Å². The van der Waals surface area contributed by atoms with Crippen molar-refractivity contribution in [1.29, 1.82) is 0 Å². The van der Waals surface area contributed by atoms with E-state index in [1.54, 1.807) is 19.2 Å². The number of methoxy groups -OCH3 is 1. The van der Waals surface area contributed by atoms with Crippen molar-refractivity contribution in [3.63, 3.8) is 0 Å². The second kappa shape index (κ2) is 11.7. The number of hydrogen-bond donors (Lipinski definition) is 2. The molecule has 2 aromatic carbocycles. The molecule has 2 aromatic heterocycles. The molecule has 1 saturated carbocycles. The molecule has 2 N–H and O–H groups in total. The standard InChI is InChI=1S/C33H35N5O5/c1-19-35-26-12-9-20(16-29(26)42-19)24-11-14-27-30(24)32(43-22-6-3-4-7-22)38-33(37-27)36-25-13-10-21(17-28(25)40-2)31(39)34-18-23-8-5-15-41-23/h9-13,16-17,22-23H,3-8,14-15,18H2,1-2H3,(H,34,39)(H,36,37,38)/t23-/m1/s1. The Morgan fingerprint density at radius 2 is 1.93 bits per heavy atom. The maximum absolute atomic E-state index is 12.8. The molecule has 1 amide bonds. The topological polar surface area (TPSA) is 121 Å². The molecule has 43 heavy (non-hydrogen) atoms. The molecule has 7 rings (SSSR count). The Hall–Kier alpha value is -4.44. The minimum atomic E-state index is -0.168. The fourth-order valence-corrected chi connectivity index (χ4v) is 6.15. The number of nitrogens with zero attached hydrogens (tertiary/aromatic N) is 3. The molecule has 4 aromatic rings. The summed E-state index contributed by atoms with van der Waals surface area (Å²) in [6.07, 6.45) is 9.33. The van der Waals surface area contributed by atoms with Gasteiger partial charge in [-0.15, -0.1) is 0 Å². The van der Waals surface area contributed by atoms with Crippen LogP contribution in [0.15, 0.2) is 46.9 Å². The molecular formula is C33H35N5O5. The predicted molar refractivity (Wildman–Crippen MR) is 162 cm³/mol. The van der Waals surface area contributed by atoms with Crippen LogP contribution in [-0.4, -0.2) is 53.3 Å². The molecule has 222 valence electrons. The SMILES string of the molecule is COc1cc(C(=O)NC[C@H]2CCCO2)ccc1Nc1nc2c(c(OC3CCCC3)n1)C(c1ccc3nc(C)oc3c1)=CC2. The quantitative estimate of drug-likeness (QED) is 0.249. The van der Waals surface area contributed by atoms with Crippen molar-refractivity contribution in [2.75, 3.05) is 25.6 Å². The zero-order valence-electron chi connectivity index (χ0n) is 24.4. The zero-order chi connectivity index (χ0) is 29.3. The Morgan fingerprint density at radius 1 is 1.05 bits per heavy atom. The van der Waals surface area contributed by atoms with E-state index >= 15 is 0 Å². The van der Waals surface area contributed by atoms with Gasteiger partial charge < -0.3 is 29.3 Å². The van der Waals surface area contributed by atoms with Gasteiger partial charge in [0.15, 0.2) is 11.5 Å². The maximum Gasteiger partial charge on any atom is 0.251 e. The van der Waals surface area contributed by atoms with E-state index in [4.69, 9.17) is 28.6 Å². The third kappa shape index (κ3) is 5.67. The van der Waals surface area contributed by atoms with E-state index in [0.29, 0.717) is 47.7 Å². The molecule has 10 nitrogen and oxygen atoms in total. The number of ether oxygens (including phenoxy) is 3. The lowest BCUT2D eigenvalue weighted by Gasteiger charge is -2.19. The molecule has 3 aliphatic rings. The molecule has 1 atom stereocenters. The lowest BCUT2D eigenvalue weighted by molar-refractivity contribution is 0.0857. The molecule has 0 unspecified atom stereocenters. The van der Waals surface area contributed by atoms with Crippen LogP contribution in [0.1, 0.15) is 71.6 Å². The molecule has 3 heterocycles. The summed E-state index contributed by atoms with van der Waals surface area (Å²) in [5, 5.41) is 6.28. The van der Waals surface area contributed by atoms with Gasteiger partial charge in [0.2, 0.25) is 11.8 Å². The number of nitrogens with one attached hydrogen (secondary N) is 2. The summed E-state index contributed by atoms with van der Waals surface area (Å²) in [5.41, 5.74) is 6.59. The summed E-state index contributed by atoms with van der Waals surface area (Å²) in [6, 6.07) is 11.3. The van der Waals surface area contributed by atoms with Crippen LogP contribution in [0, 0.1) is 6.92 Å². The number of carbonyl (C=O) groups is 1. The number of fused-ring (bicyclic) bond motifs is 2. The van der Waals surface area contributed by atoms with Crippen LogP contribution in [0.2, 0.25) is 0 Å². The first kappa shape index (κ1) is 27.4. The van der Waals surface area contributed by atoms with E-state index < -0.39 is 0 Å². The van der Waals surface area contributed by atoms with Gasteiger partial charge in [-0.25, -0.2) is 9.97 Å². The number of rotatable bonds is 9. The minimum absolute atomic E-state index is 0.0774. The number of anilines is 2. The van der Waals surface area contributed by atoms with Gasteiger partial charge in [0.1, 0.15) is 17.4 Å². The van der Waals surface area contributed by atoms with E-state index in [1.165, 1.54) is 0 Å². The highest BCUT2D eigenvalue weighted by atomic mass is 16.5. The number of hydrogen-bond acceptors (Lipinski definition) is 9. The van der Waals surface area contributed by atoms with E-state index in [9.17, 15) is 4.79 Å². The predicted octanol–water partition coefficient (Wildman–Crippen LogP) is 5.90. The van der Waals surface area contributed by atoms with Crippen LogP contribution in [0.5, 0.6) is 11.6 Å². The van der Waals surface area contributed by atoms with Gasteiger partial charge in [-0.05, 0) is 80.0 Å². The molecular weight excluding hydrogens is 546 g/mol. The fraction of sp³-hybridized carbons (Fsp3) is 0.394. The summed E-state index contributed by atoms with van der Waals surface area (Å²) in [5.74, 6) is 1.97. The lowest BCUT2D eigenvalue weighted by atomic mass is 10.0. The van der Waals surface area contributed by atoms with Gasteiger partial charge in [-0.1, -0.05) is 12.1 Å². The van der Waals surface area contributed by atoms with Crippen molar-refractivity contribution in [2.45, 2.75) is 64.1 Å². The minimum Gasteiger partial charge on any atom is -0.495 e. The van der Waals surface area contributed by atoms with Crippen molar-refractivity contribution in [2.24, 2.45) is 0 Å². The molecule has 0 bridgehead atoms. The fourth-order valence-electron chi connectivity index (χ4n) is 6.15. The molecule has 2 aliphatic carbocycles. The highest BCUT2D eigenvalue weighted by Gasteiger charge is 2.28. The van der Waals surface area contributed by atoms with Gasteiger partial charge >= 0.3 is 0 Å². The zero-order valence-corrected chi connectivity index (χ0v) is 24.4. The van der Waals surface area contributed by atoms with Gasteiger partial charge in [0.05, 0.1) is 30.2 Å². The normalized spacial score (nSPS) is 18.1. The number of amides is 1. The number of allylic oxidation sites excluding steroid dienone is 1. The Balaban J connectivity index is 1.16. The number of benzene rings is 2. The van der Waals surface area contributed by atoms with Crippen molar-refractivity contribution in [1.82, 2.24) is 20.3 Å². The van der Waals surface area contributed by atoms with E-state index in [0.717, 1.165) is 78.6 Å². The highest BCUT2D eigenvalue weighted by Crippen LogP contribution is 2.41. The molecule has 0 radical (unpaired) electrons. The summed E-state index contributed by atoms with van der Waals surface area (Å²) in [4.78, 5) is 27.0. The average Bonchev–Trinajstić information content (AvgIpc) is 3.83. The number of oxazole rings is 1. The van der Waals surface area contributed by atoms with Crippen molar-refractivity contribution < 1.29 is 23.4 Å². The summed E-state index contributed by atoms with van der Waals surface area (Å²) >= 11 is 0. The van der Waals surface area contributed by atoms with Crippen molar-refractivity contribution in [3.05, 3.63) is 70.7 Å². The molecule has 0 spiro atoms. The first-order valence-corrected chi connectivity index (χ1v) is 15.0. The van der Waals surface area contributed by atoms with Gasteiger partial charge in [-0.2, -0.15) is 4.98 Å². The average molecular weight is 582 g/mol.